The van der Waals surface area contributed by atoms with Crippen LogP contribution in [-0.4, -0.2) is 50.6 Å². The first-order valence-electron chi connectivity index (χ1n) is 5.88. The smallest absolute Gasteiger partial charge is 0.289 e. The van der Waals surface area contributed by atoms with Gasteiger partial charge < -0.3 is 25.1 Å². The Morgan fingerprint density at radius 2 is 2.21 bits per heavy atom. The Kier molecular flexibility index (Phi) is 6.04. The Hall–Kier alpha value is -1.86. The topological polar surface area (TPSA) is 97.8 Å². The molecule has 0 bridgehead atoms. The minimum atomic E-state index is -0.360. The van der Waals surface area contributed by atoms with Crippen molar-refractivity contribution in [3.05, 3.63) is 23.7 Å². The number of methoxy groups -OCH3 is 1. The molecule has 1 heterocycles. The fourth-order valence-electron chi connectivity index (χ4n) is 1.43. The van der Waals surface area contributed by atoms with Gasteiger partial charge in [-0.15, -0.1) is 0 Å². The van der Waals surface area contributed by atoms with Crippen molar-refractivity contribution in [3.63, 3.8) is 0 Å². The van der Waals surface area contributed by atoms with Gasteiger partial charge in [-0.25, -0.2) is 0 Å². The summed E-state index contributed by atoms with van der Waals surface area (Å²) in [5, 5.41) is 2.63. The van der Waals surface area contributed by atoms with Crippen molar-refractivity contribution in [1.82, 2.24) is 10.2 Å². The number of carbonyl (C=O) groups is 2. The number of carbonyl (C=O) groups excluding carboxylic acids is 2. The number of amides is 2. The minimum Gasteiger partial charge on any atom is -0.455 e. The van der Waals surface area contributed by atoms with E-state index in [-0.39, 0.29) is 30.7 Å². The average molecular weight is 269 g/mol. The van der Waals surface area contributed by atoms with Gasteiger partial charge in [0.15, 0.2) is 5.76 Å². The second kappa shape index (κ2) is 7.55. The van der Waals surface area contributed by atoms with Crippen LogP contribution >= 0.6 is 0 Å². The van der Waals surface area contributed by atoms with Crippen LogP contribution in [-0.2, 0) is 16.1 Å². The monoisotopic (exact) mass is 269 g/mol. The third-order valence-electron chi connectivity index (χ3n) is 2.43. The van der Waals surface area contributed by atoms with Crippen LogP contribution in [0.5, 0.6) is 0 Å². The lowest BCUT2D eigenvalue weighted by Crippen LogP contribution is -2.39. The molecule has 0 spiro atoms. The second-order valence-corrected chi connectivity index (χ2v) is 3.97. The summed E-state index contributed by atoms with van der Waals surface area (Å²) in [6.45, 7) is 1.03. The first-order chi connectivity index (χ1) is 9.08. The van der Waals surface area contributed by atoms with E-state index in [1.165, 1.54) is 11.9 Å². The molecule has 3 N–H and O–H groups in total. The molecular weight excluding hydrogens is 250 g/mol. The van der Waals surface area contributed by atoms with Gasteiger partial charge in [0.05, 0.1) is 19.7 Å². The van der Waals surface area contributed by atoms with Crippen molar-refractivity contribution in [2.45, 2.75) is 6.54 Å². The summed E-state index contributed by atoms with van der Waals surface area (Å²) in [5.74, 6) is 0.0917. The zero-order valence-corrected chi connectivity index (χ0v) is 11.1. The van der Waals surface area contributed by atoms with Gasteiger partial charge >= 0.3 is 0 Å². The molecule has 0 aromatic carbocycles. The molecule has 0 radical (unpaired) electrons. The summed E-state index contributed by atoms with van der Waals surface area (Å²) in [7, 11) is 3.08. The molecule has 1 aromatic heterocycles. The van der Waals surface area contributed by atoms with Crippen molar-refractivity contribution in [1.29, 1.82) is 0 Å². The predicted molar refractivity (Wildman–Crippen MR) is 68.4 cm³/mol. The van der Waals surface area contributed by atoms with Crippen LogP contribution in [0.15, 0.2) is 16.5 Å². The molecule has 2 amide bonds. The number of likely N-dealkylation sites (N-methyl/N-ethyl adjacent to an activating group) is 1. The zero-order valence-electron chi connectivity index (χ0n) is 11.1. The van der Waals surface area contributed by atoms with E-state index in [2.05, 4.69) is 5.32 Å². The van der Waals surface area contributed by atoms with Gasteiger partial charge in [0.25, 0.3) is 5.91 Å². The maximum atomic E-state index is 11.9. The molecule has 19 heavy (non-hydrogen) atoms. The van der Waals surface area contributed by atoms with Gasteiger partial charge in [0.1, 0.15) is 5.76 Å². The van der Waals surface area contributed by atoms with Crippen LogP contribution in [0.2, 0.25) is 0 Å². The lowest BCUT2D eigenvalue weighted by molar-refractivity contribution is -0.121. The van der Waals surface area contributed by atoms with Gasteiger partial charge in [-0.3, -0.25) is 9.59 Å². The van der Waals surface area contributed by atoms with E-state index in [1.807, 2.05) is 0 Å². The highest BCUT2D eigenvalue weighted by atomic mass is 16.5. The molecular formula is C12H19N3O4. The number of nitrogens with two attached hydrogens (primary N) is 1. The summed E-state index contributed by atoms with van der Waals surface area (Å²) in [5.41, 5.74) is 5.39. The standard InChI is InChI=1S/C12H19N3O4/c1-15(8-11(16)14-5-6-18-2)12(17)10-4-3-9(7-13)19-10/h3-4H,5-8,13H2,1-2H3,(H,14,16). The van der Waals surface area contributed by atoms with E-state index < -0.39 is 0 Å². The normalized spacial score (nSPS) is 10.3. The molecule has 0 aliphatic heterocycles. The van der Waals surface area contributed by atoms with Gasteiger partial charge in [-0.05, 0) is 12.1 Å². The highest BCUT2D eigenvalue weighted by Gasteiger charge is 2.17. The molecule has 7 heteroatoms. The fourth-order valence-corrected chi connectivity index (χ4v) is 1.43. The summed E-state index contributed by atoms with van der Waals surface area (Å²) in [6.07, 6.45) is 0. The second-order valence-electron chi connectivity index (χ2n) is 3.97. The van der Waals surface area contributed by atoms with E-state index in [1.54, 1.807) is 19.2 Å². The van der Waals surface area contributed by atoms with Crippen molar-refractivity contribution in [2.24, 2.45) is 5.73 Å². The van der Waals surface area contributed by atoms with E-state index in [0.29, 0.717) is 18.9 Å². The molecule has 0 saturated carbocycles. The SMILES string of the molecule is COCCNC(=O)CN(C)C(=O)c1ccc(CN)o1. The summed E-state index contributed by atoms with van der Waals surface area (Å²) >= 11 is 0. The Bertz CT molecular complexity index is 430. The number of furan rings is 1. The lowest BCUT2D eigenvalue weighted by atomic mass is 10.3. The van der Waals surface area contributed by atoms with Crippen molar-refractivity contribution < 1.29 is 18.7 Å². The molecule has 0 saturated heterocycles. The van der Waals surface area contributed by atoms with Crippen LogP contribution in [0.25, 0.3) is 0 Å². The third kappa shape index (κ3) is 4.72. The van der Waals surface area contributed by atoms with Crippen LogP contribution < -0.4 is 11.1 Å². The minimum absolute atomic E-state index is 0.0405. The Labute approximate surface area is 111 Å². The maximum absolute atomic E-state index is 11.9. The quantitative estimate of drug-likeness (QED) is 0.655. The summed E-state index contributed by atoms with van der Waals surface area (Å²) in [4.78, 5) is 24.7. The maximum Gasteiger partial charge on any atom is 0.289 e. The number of rotatable bonds is 7. The predicted octanol–water partition coefficient (Wildman–Crippen LogP) is -0.427. The first-order valence-corrected chi connectivity index (χ1v) is 5.88. The van der Waals surface area contributed by atoms with E-state index >= 15 is 0 Å². The summed E-state index contributed by atoms with van der Waals surface area (Å²) in [6, 6.07) is 3.18. The van der Waals surface area contributed by atoms with Crippen LogP contribution in [0.1, 0.15) is 16.3 Å². The molecule has 0 unspecified atom stereocenters. The Balaban J connectivity index is 2.46. The number of hydrogen-bond donors (Lipinski definition) is 2. The van der Waals surface area contributed by atoms with Gasteiger partial charge in [-0.1, -0.05) is 0 Å². The summed E-state index contributed by atoms with van der Waals surface area (Å²) < 4.78 is 10.0. The molecule has 0 fully saturated rings. The van der Waals surface area contributed by atoms with E-state index in [0.717, 1.165) is 0 Å². The largest absolute Gasteiger partial charge is 0.455 e. The van der Waals surface area contributed by atoms with Gasteiger partial charge in [-0.2, -0.15) is 0 Å². The molecule has 0 aliphatic carbocycles. The lowest BCUT2D eigenvalue weighted by Gasteiger charge is -2.15. The van der Waals surface area contributed by atoms with Crippen molar-refractivity contribution >= 4 is 11.8 Å². The van der Waals surface area contributed by atoms with Crippen molar-refractivity contribution in [3.8, 4) is 0 Å². The molecule has 0 aliphatic rings. The number of hydrogen-bond acceptors (Lipinski definition) is 5. The Morgan fingerprint density at radius 1 is 1.47 bits per heavy atom. The third-order valence-corrected chi connectivity index (χ3v) is 2.43. The highest BCUT2D eigenvalue weighted by molar-refractivity contribution is 5.94. The highest BCUT2D eigenvalue weighted by Crippen LogP contribution is 2.09. The number of nitrogens with zero attached hydrogens (tertiary/aromatic N) is 1. The molecule has 1 aromatic rings. The number of nitrogens with one attached hydrogen (secondary N) is 1. The fraction of sp³-hybridized carbons (Fsp3) is 0.500. The molecule has 106 valence electrons. The van der Waals surface area contributed by atoms with Crippen LogP contribution in [0.4, 0.5) is 0 Å². The Morgan fingerprint density at radius 3 is 2.79 bits per heavy atom. The van der Waals surface area contributed by atoms with E-state index in [9.17, 15) is 9.59 Å². The zero-order chi connectivity index (χ0) is 14.3. The molecule has 1 rings (SSSR count). The van der Waals surface area contributed by atoms with Gasteiger partial charge in [0.2, 0.25) is 5.91 Å². The number of ether oxygens (including phenoxy) is 1. The van der Waals surface area contributed by atoms with Crippen LogP contribution in [0, 0.1) is 0 Å². The van der Waals surface area contributed by atoms with Gasteiger partial charge in [0, 0.05) is 20.7 Å². The van der Waals surface area contributed by atoms with E-state index in [4.69, 9.17) is 14.9 Å². The first kappa shape index (κ1) is 15.2. The molecule has 7 nitrogen and oxygen atoms in total. The van der Waals surface area contributed by atoms with Crippen molar-refractivity contribution in [2.75, 3.05) is 33.9 Å². The average Bonchev–Trinajstić information content (AvgIpc) is 2.86. The van der Waals surface area contributed by atoms with Crippen LogP contribution in [0.3, 0.4) is 0 Å². The molecule has 0 atom stereocenters.